The molecule has 2 nitrogen and oxygen atoms in total. The number of nitrogens with zero attached hydrogens (tertiary/aromatic N) is 1. The van der Waals surface area contributed by atoms with Crippen molar-refractivity contribution in [2.24, 2.45) is 0 Å². The van der Waals surface area contributed by atoms with Crippen molar-refractivity contribution in [3.63, 3.8) is 0 Å². The summed E-state index contributed by atoms with van der Waals surface area (Å²) >= 11 is 0. The fourth-order valence-corrected chi connectivity index (χ4v) is 1.70. The third kappa shape index (κ3) is 3.36. The number of pyridine rings is 1. The Morgan fingerprint density at radius 1 is 1.18 bits per heavy atom. The van der Waals surface area contributed by atoms with Gasteiger partial charge in [0, 0.05) is 31.0 Å². The van der Waals surface area contributed by atoms with Crippen LogP contribution >= 0.6 is 0 Å². The highest BCUT2D eigenvalue weighted by Gasteiger charge is 2.00. The van der Waals surface area contributed by atoms with Gasteiger partial charge in [0.2, 0.25) is 0 Å². The second-order valence-electron chi connectivity index (χ2n) is 4.07. The number of nitrogens with one attached hydrogen (secondary N) is 1. The van der Waals surface area contributed by atoms with Crippen molar-refractivity contribution in [1.29, 1.82) is 0 Å². The van der Waals surface area contributed by atoms with Gasteiger partial charge >= 0.3 is 0 Å². The molecule has 0 amide bonds. The van der Waals surface area contributed by atoms with Crippen LogP contribution in [0.15, 0.2) is 42.7 Å². The predicted octanol–water partition coefficient (Wildman–Crippen LogP) is 2.82. The number of aryl methyl sites for hydroxylation is 1. The lowest BCUT2D eigenvalue weighted by molar-refractivity contribution is 0.587. The minimum atomic E-state index is -0.164. The summed E-state index contributed by atoms with van der Waals surface area (Å²) < 4.78 is 13.3. The Balaban J connectivity index is 1.90. The summed E-state index contributed by atoms with van der Waals surface area (Å²) in [4.78, 5) is 4.11. The van der Waals surface area contributed by atoms with Gasteiger partial charge in [-0.3, -0.25) is 4.98 Å². The minimum absolute atomic E-state index is 0.164. The molecule has 1 N–H and O–H groups in total. The summed E-state index contributed by atoms with van der Waals surface area (Å²) in [5.41, 5.74) is 2.93. The van der Waals surface area contributed by atoms with Crippen LogP contribution in [-0.2, 0) is 13.1 Å². The van der Waals surface area contributed by atoms with Gasteiger partial charge in [0.25, 0.3) is 0 Å². The maximum Gasteiger partial charge on any atom is 0.127 e. The monoisotopic (exact) mass is 230 g/mol. The van der Waals surface area contributed by atoms with E-state index in [2.05, 4.69) is 16.4 Å². The van der Waals surface area contributed by atoms with Crippen LogP contribution in [0.3, 0.4) is 0 Å². The van der Waals surface area contributed by atoms with Gasteiger partial charge in [-0.25, -0.2) is 4.39 Å². The quantitative estimate of drug-likeness (QED) is 0.873. The zero-order valence-corrected chi connectivity index (χ0v) is 9.78. The van der Waals surface area contributed by atoms with Crippen LogP contribution in [0.1, 0.15) is 16.7 Å². The molecule has 0 radical (unpaired) electrons. The maximum absolute atomic E-state index is 13.3. The second-order valence-corrected chi connectivity index (χ2v) is 4.07. The highest BCUT2D eigenvalue weighted by atomic mass is 19.1. The largest absolute Gasteiger partial charge is 0.308 e. The molecule has 88 valence electrons. The Labute approximate surface area is 101 Å². The average Bonchev–Trinajstić information content (AvgIpc) is 2.32. The van der Waals surface area contributed by atoms with Gasteiger partial charge in [0.1, 0.15) is 5.82 Å². The van der Waals surface area contributed by atoms with Crippen molar-refractivity contribution in [3.05, 3.63) is 65.2 Å². The van der Waals surface area contributed by atoms with E-state index >= 15 is 0 Å². The van der Waals surface area contributed by atoms with Crippen LogP contribution in [-0.4, -0.2) is 4.98 Å². The molecule has 1 heterocycles. The van der Waals surface area contributed by atoms with Crippen LogP contribution in [0.25, 0.3) is 0 Å². The Kier molecular flexibility index (Phi) is 3.83. The molecule has 0 unspecified atom stereocenters. The average molecular weight is 230 g/mol. The molecule has 0 bridgehead atoms. The summed E-state index contributed by atoms with van der Waals surface area (Å²) in [5, 5.41) is 3.21. The molecular formula is C14H15FN2. The topological polar surface area (TPSA) is 24.9 Å². The summed E-state index contributed by atoms with van der Waals surface area (Å²) in [7, 11) is 0. The molecule has 1 aromatic carbocycles. The Hall–Kier alpha value is -1.74. The smallest absolute Gasteiger partial charge is 0.127 e. The van der Waals surface area contributed by atoms with Crippen molar-refractivity contribution < 1.29 is 4.39 Å². The molecule has 0 spiro atoms. The van der Waals surface area contributed by atoms with Gasteiger partial charge in [-0.05, 0) is 24.1 Å². The van der Waals surface area contributed by atoms with Crippen molar-refractivity contribution in [3.8, 4) is 0 Å². The van der Waals surface area contributed by atoms with E-state index in [0.29, 0.717) is 18.7 Å². The molecule has 0 atom stereocenters. The first-order valence-electron chi connectivity index (χ1n) is 5.60. The van der Waals surface area contributed by atoms with E-state index in [1.807, 2.05) is 25.4 Å². The van der Waals surface area contributed by atoms with Crippen molar-refractivity contribution in [1.82, 2.24) is 10.3 Å². The molecule has 1 aromatic heterocycles. The maximum atomic E-state index is 13.3. The fourth-order valence-electron chi connectivity index (χ4n) is 1.70. The minimum Gasteiger partial charge on any atom is -0.308 e. The molecule has 0 saturated heterocycles. The molecule has 2 aromatic rings. The molecule has 17 heavy (non-hydrogen) atoms. The zero-order valence-electron chi connectivity index (χ0n) is 9.78. The van der Waals surface area contributed by atoms with Crippen LogP contribution in [0.2, 0.25) is 0 Å². The molecule has 2 rings (SSSR count). The summed E-state index contributed by atoms with van der Waals surface area (Å²) in [6, 6.07) is 8.88. The van der Waals surface area contributed by atoms with Crippen molar-refractivity contribution >= 4 is 0 Å². The van der Waals surface area contributed by atoms with Gasteiger partial charge in [-0.2, -0.15) is 0 Å². The van der Waals surface area contributed by atoms with Crippen LogP contribution in [0.4, 0.5) is 4.39 Å². The lowest BCUT2D eigenvalue weighted by atomic mass is 10.2. The van der Waals surface area contributed by atoms with E-state index in [-0.39, 0.29) is 5.82 Å². The fraction of sp³-hybridized carbons (Fsp3) is 0.214. The lowest BCUT2D eigenvalue weighted by Gasteiger charge is -2.06. The van der Waals surface area contributed by atoms with Gasteiger partial charge in [-0.15, -0.1) is 0 Å². The van der Waals surface area contributed by atoms with Gasteiger partial charge in [-0.1, -0.05) is 24.3 Å². The highest BCUT2D eigenvalue weighted by molar-refractivity contribution is 5.18. The Bertz CT molecular complexity index is 497. The second kappa shape index (κ2) is 5.55. The SMILES string of the molecule is Cc1cncc(CNCc2ccccc2F)c1. The van der Waals surface area contributed by atoms with Crippen LogP contribution in [0, 0.1) is 12.7 Å². The van der Waals surface area contributed by atoms with Gasteiger partial charge in [0.05, 0.1) is 0 Å². The molecular weight excluding hydrogens is 215 g/mol. The number of benzene rings is 1. The van der Waals surface area contributed by atoms with E-state index in [4.69, 9.17) is 0 Å². The summed E-state index contributed by atoms with van der Waals surface area (Å²) in [6.45, 7) is 3.23. The normalized spacial score (nSPS) is 10.5. The number of hydrogen-bond acceptors (Lipinski definition) is 2. The van der Waals surface area contributed by atoms with Crippen LogP contribution in [0.5, 0.6) is 0 Å². The van der Waals surface area contributed by atoms with Gasteiger partial charge in [0.15, 0.2) is 0 Å². The van der Waals surface area contributed by atoms with Crippen LogP contribution < -0.4 is 5.32 Å². The number of aromatic nitrogens is 1. The van der Waals surface area contributed by atoms with Gasteiger partial charge < -0.3 is 5.32 Å². The molecule has 0 aliphatic heterocycles. The number of rotatable bonds is 4. The molecule has 0 aliphatic rings. The highest BCUT2D eigenvalue weighted by Crippen LogP contribution is 2.06. The first kappa shape index (κ1) is 11.7. The summed E-state index contributed by atoms with van der Waals surface area (Å²) in [6.07, 6.45) is 3.64. The van der Waals surface area contributed by atoms with Crippen molar-refractivity contribution in [2.45, 2.75) is 20.0 Å². The third-order valence-electron chi connectivity index (χ3n) is 2.53. The van der Waals surface area contributed by atoms with E-state index in [1.54, 1.807) is 12.1 Å². The lowest BCUT2D eigenvalue weighted by Crippen LogP contribution is -2.13. The van der Waals surface area contributed by atoms with E-state index < -0.39 is 0 Å². The Morgan fingerprint density at radius 3 is 2.76 bits per heavy atom. The summed E-state index contributed by atoms with van der Waals surface area (Å²) in [5.74, 6) is -0.164. The standard InChI is InChI=1S/C14H15FN2/c1-11-6-12(8-16-7-11)9-17-10-13-4-2-3-5-14(13)15/h2-8,17H,9-10H2,1H3. The number of hydrogen-bond donors (Lipinski definition) is 1. The van der Waals surface area contributed by atoms with E-state index in [0.717, 1.165) is 11.1 Å². The molecule has 3 heteroatoms. The van der Waals surface area contributed by atoms with E-state index in [1.165, 1.54) is 6.07 Å². The molecule has 0 aliphatic carbocycles. The number of halogens is 1. The van der Waals surface area contributed by atoms with Crippen molar-refractivity contribution in [2.75, 3.05) is 0 Å². The third-order valence-corrected chi connectivity index (χ3v) is 2.53. The molecule has 0 saturated carbocycles. The zero-order chi connectivity index (χ0) is 12.1. The molecule has 0 fully saturated rings. The predicted molar refractivity (Wildman–Crippen MR) is 65.9 cm³/mol. The first-order chi connectivity index (χ1) is 8.25. The van der Waals surface area contributed by atoms with E-state index in [9.17, 15) is 4.39 Å². The Morgan fingerprint density at radius 2 is 2.00 bits per heavy atom. The first-order valence-corrected chi connectivity index (χ1v) is 5.60.